The minimum absolute atomic E-state index is 0. The summed E-state index contributed by atoms with van der Waals surface area (Å²) in [5, 5.41) is 6.72. The van der Waals surface area contributed by atoms with E-state index in [9.17, 15) is 0 Å². The van der Waals surface area contributed by atoms with Crippen LogP contribution in [0.2, 0.25) is 0 Å². The van der Waals surface area contributed by atoms with E-state index in [0.29, 0.717) is 12.4 Å². The topological polar surface area (TPSA) is 88.1 Å². The molecule has 1 aliphatic rings. The van der Waals surface area contributed by atoms with Gasteiger partial charge in [0.25, 0.3) is 0 Å². The normalized spacial score (nSPS) is 16.4. The van der Waals surface area contributed by atoms with E-state index in [2.05, 4.69) is 25.6 Å². The zero-order valence-electron chi connectivity index (χ0n) is 16.0. The second-order valence-corrected chi connectivity index (χ2v) is 6.66. The van der Waals surface area contributed by atoms with Gasteiger partial charge in [-0.15, -0.1) is 0 Å². The third kappa shape index (κ3) is 4.49. The van der Waals surface area contributed by atoms with Crippen molar-refractivity contribution in [3.8, 4) is 11.3 Å². The van der Waals surface area contributed by atoms with Crippen LogP contribution in [0.4, 0.5) is 11.6 Å². The lowest BCUT2D eigenvalue weighted by molar-refractivity contribution is 0.0372. The molecular formula is C19H25N7OS. The van der Waals surface area contributed by atoms with E-state index in [4.69, 9.17) is 9.72 Å². The molecule has 3 aromatic rings. The van der Waals surface area contributed by atoms with Crippen molar-refractivity contribution in [1.82, 2.24) is 25.3 Å². The highest BCUT2D eigenvalue weighted by Crippen LogP contribution is 2.26. The maximum atomic E-state index is 5.76. The third-order valence-electron chi connectivity index (χ3n) is 4.46. The highest BCUT2D eigenvalue weighted by Gasteiger charge is 2.15. The standard InChI is InChI=1S/C19H23N7O.H2S/c1-26(2)17-4-3-13(10-23-17)15-9-16-18(22-6-5-21-16)19(25-15)24-12-14-11-20-7-8-27-14;/h3-6,9-10,14,20H,7-8,11-12H2,1-2H3,(H,24,25);1H2/t14-;/m0./s1. The second kappa shape index (κ2) is 9.13. The van der Waals surface area contributed by atoms with Gasteiger partial charge in [0.1, 0.15) is 11.3 Å². The van der Waals surface area contributed by atoms with E-state index in [1.165, 1.54) is 0 Å². The largest absolute Gasteiger partial charge is 0.374 e. The number of nitrogens with one attached hydrogen (secondary N) is 2. The molecule has 0 unspecified atom stereocenters. The Balaban J connectivity index is 0.00000225. The number of anilines is 2. The Morgan fingerprint density at radius 3 is 2.79 bits per heavy atom. The first-order valence-corrected chi connectivity index (χ1v) is 9.02. The number of rotatable bonds is 5. The molecule has 1 fully saturated rings. The van der Waals surface area contributed by atoms with Crippen LogP contribution in [-0.2, 0) is 4.74 Å². The van der Waals surface area contributed by atoms with Gasteiger partial charge in [-0.25, -0.2) is 15.0 Å². The van der Waals surface area contributed by atoms with Crippen LogP contribution in [0.3, 0.4) is 0 Å². The lowest BCUT2D eigenvalue weighted by Crippen LogP contribution is -2.42. The van der Waals surface area contributed by atoms with Gasteiger partial charge in [0.15, 0.2) is 5.82 Å². The second-order valence-electron chi connectivity index (χ2n) is 6.66. The van der Waals surface area contributed by atoms with E-state index < -0.39 is 0 Å². The summed E-state index contributed by atoms with van der Waals surface area (Å²) in [5.74, 6) is 1.61. The van der Waals surface area contributed by atoms with E-state index >= 15 is 0 Å². The molecule has 0 radical (unpaired) electrons. The lowest BCUT2D eigenvalue weighted by atomic mass is 10.1. The Kier molecular flexibility index (Phi) is 6.61. The van der Waals surface area contributed by atoms with Crippen molar-refractivity contribution in [2.75, 3.05) is 50.6 Å². The van der Waals surface area contributed by atoms with Crippen molar-refractivity contribution in [3.63, 3.8) is 0 Å². The van der Waals surface area contributed by atoms with Gasteiger partial charge in [0, 0.05) is 57.9 Å². The van der Waals surface area contributed by atoms with Crippen LogP contribution in [0.1, 0.15) is 0 Å². The van der Waals surface area contributed by atoms with Crippen LogP contribution in [-0.4, -0.2) is 66.4 Å². The Hall–Kier alpha value is -2.49. The Bertz CT molecular complexity index is 914. The molecule has 1 atom stereocenters. The van der Waals surface area contributed by atoms with Crippen molar-refractivity contribution < 1.29 is 4.74 Å². The monoisotopic (exact) mass is 399 g/mol. The molecule has 0 spiro atoms. The van der Waals surface area contributed by atoms with Crippen molar-refractivity contribution in [1.29, 1.82) is 0 Å². The summed E-state index contributed by atoms with van der Waals surface area (Å²) in [4.78, 5) is 20.1. The van der Waals surface area contributed by atoms with E-state index in [0.717, 1.165) is 47.8 Å². The van der Waals surface area contributed by atoms with Gasteiger partial charge >= 0.3 is 0 Å². The van der Waals surface area contributed by atoms with Crippen molar-refractivity contribution in [2.24, 2.45) is 0 Å². The predicted molar refractivity (Wildman–Crippen MR) is 116 cm³/mol. The zero-order valence-corrected chi connectivity index (χ0v) is 17.0. The number of aromatic nitrogens is 4. The van der Waals surface area contributed by atoms with Crippen molar-refractivity contribution in [3.05, 3.63) is 36.8 Å². The quantitative estimate of drug-likeness (QED) is 0.670. The molecule has 1 saturated heterocycles. The maximum absolute atomic E-state index is 5.76. The van der Waals surface area contributed by atoms with Crippen LogP contribution in [0.15, 0.2) is 36.8 Å². The van der Waals surface area contributed by atoms with Crippen LogP contribution in [0.5, 0.6) is 0 Å². The smallest absolute Gasteiger partial charge is 0.154 e. The molecule has 9 heteroatoms. The molecule has 4 heterocycles. The van der Waals surface area contributed by atoms with Crippen LogP contribution in [0.25, 0.3) is 22.3 Å². The average molecular weight is 400 g/mol. The highest BCUT2D eigenvalue weighted by molar-refractivity contribution is 7.59. The molecule has 3 aromatic heterocycles. The number of morpholine rings is 1. The maximum Gasteiger partial charge on any atom is 0.154 e. The van der Waals surface area contributed by atoms with Gasteiger partial charge in [-0.3, -0.25) is 4.98 Å². The summed E-state index contributed by atoms with van der Waals surface area (Å²) in [7, 11) is 3.94. The number of fused-ring (bicyclic) bond motifs is 1. The summed E-state index contributed by atoms with van der Waals surface area (Å²) < 4.78 is 5.76. The molecule has 0 saturated carbocycles. The van der Waals surface area contributed by atoms with Crippen molar-refractivity contribution in [2.45, 2.75) is 6.10 Å². The fourth-order valence-electron chi connectivity index (χ4n) is 3.01. The number of ether oxygens (including phenoxy) is 1. The van der Waals surface area contributed by atoms with Gasteiger partial charge in [0.2, 0.25) is 0 Å². The average Bonchev–Trinajstić information content (AvgIpc) is 2.72. The number of pyridine rings is 2. The van der Waals surface area contributed by atoms with Crippen molar-refractivity contribution >= 4 is 36.2 Å². The molecule has 4 rings (SSSR count). The fraction of sp³-hybridized carbons (Fsp3) is 0.368. The summed E-state index contributed by atoms with van der Waals surface area (Å²) in [5.41, 5.74) is 3.30. The zero-order chi connectivity index (χ0) is 18.6. The molecule has 0 aliphatic carbocycles. The number of hydrogen-bond donors (Lipinski definition) is 2. The summed E-state index contributed by atoms with van der Waals surface area (Å²) in [6.45, 7) is 3.11. The summed E-state index contributed by atoms with van der Waals surface area (Å²) in [6.07, 6.45) is 5.31. The van der Waals surface area contributed by atoms with Crippen LogP contribution in [0, 0.1) is 0 Å². The Labute approximate surface area is 171 Å². The first-order chi connectivity index (χ1) is 13.2. The molecule has 1 aliphatic heterocycles. The summed E-state index contributed by atoms with van der Waals surface area (Å²) >= 11 is 0. The SMILES string of the molecule is CN(C)c1ccc(-c2cc3nccnc3c(NC[C@@H]3CNCCO3)n2)cn1.S. The van der Waals surface area contributed by atoms with Gasteiger partial charge in [-0.05, 0) is 18.2 Å². The molecule has 0 amide bonds. The van der Waals surface area contributed by atoms with Gasteiger partial charge in [0.05, 0.1) is 23.9 Å². The lowest BCUT2D eigenvalue weighted by Gasteiger charge is -2.24. The molecule has 0 bridgehead atoms. The van der Waals surface area contributed by atoms with Gasteiger partial charge in [-0.1, -0.05) is 0 Å². The number of hydrogen-bond acceptors (Lipinski definition) is 8. The number of nitrogens with zero attached hydrogens (tertiary/aromatic N) is 5. The molecule has 148 valence electrons. The molecular weight excluding hydrogens is 374 g/mol. The minimum atomic E-state index is 0. The molecule has 28 heavy (non-hydrogen) atoms. The molecule has 8 nitrogen and oxygen atoms in total. The summed E-state index contributed by atoms with van der Waals surface area (Å²) in [6, 6.07) is 5.94. The Morgan fingerprint density at radius 1 is 1.21 bits per heavy atom. The molecule has 2 N–H and O–H groups in total. The van der Waals surface area contributed by atoms with E-state index in [1.54, 1.807) is 12.4 Å². The van der Waals surface area contributed by atoms with Gasteiger partial charge in [-0.2, -0.15) is 13.5 Å². The van der Waals surface area contributed by atoms with E-state index in [1.807, 2.05) is 43.4 Å². The predicted octanol–water partition coefficient (Wildman–Crippen LogP) is 1.67. The van der Waals surface area contributed by atoms with Gasteiger partial charge < -0.3 is 20.3 Å². The Morgan fingerprint density at radius 2 is 2.07 bits per heavy atom. The van der Waals surface area contributed by atoms with Crippen LogP contribution < -0.4 is 15.5 Å². The van der Waals surface area contributed by atoms with Crippen LogP contribution >= 0.6 is 13.5 Å². The first-order valence-electron chi connectivity index (χ1n) is 9.02. The first kappa shape index (κ1) is 20.2. The third-order valence-corrected chi connectivity index (χ3v) is 4.46. The van der Waals surface area contributed by atoms with E-state index in [-0.39, 0.29) is 19.6 Å². The highest BCUT2D eigenvalue weighted by atomic mass is 32.1. The minimum Gasteiger partial charge on any atom is -0.374 e. The molecule has 0 aromatic carbocycles. The fourth-order valence-corrected chi connectivity index (χ4v) is 3.01.